The van der Waals surface area contributed by atoms with Crippen molar-refractivity contribution in [3.8, 4) is 0 Å². The lowest BCUT2D eigenvalue weighted by Crippen LogP contribution is -2.18. The molecule has 0 aliphatic rings. The number of aliphatic hydroxyl groups excluding tert-OH is 2. The lowest BCUT2D eigenvalue weighted by molar-refractivity contribution is -0.146. The van der Waals surface area contributed by atoms with Crippen LogP contribution < -0.4 is 0 Å². The van der Waals surface area contributed by atoms with Gasteiger partial charge in [-0.2, -0.15) is 0 Å². The van der Waals surface area contributed by atoms with Crippen LogP contribution >= 0.6 is 0 Å². The highest BCUT2D eigenvalue weighted by molar-refractivity contribution is 5.71. The normalized spacial score (nSPS) is 14.3. The van der Waals surface area contributed by atoms with Crippen LogP contribution in [0.3, 0.4) is 0 Å². The molecule has 0 bridgehead atoms. The van der Waals surface area contributed by atoms with Crippen LogP contribution in [0.2, 0.25) is 0 Å². The number of aliphatic carboxylic acids is 1. The van der Waals surface area contributed by atoms with Crippen molar-refractivity contribution in [1.82, 2.24) is 0 Å². The highest BCUT2D eigenvalue weighted by atomic mass is 16.4. The Morgan fingerprint density at radius 3 is 2.23 bits per heavy atom. The molecular weight excluding hydrogens is 280 g/mol. The lowest BCUT2D eigenvalue weighted by atomic mass is 10.1. The van der Waals surface area contributed by atoms with Crippen LogP contribution in [-0.4, -0.2) is 33.5 Å². The second kappa shape index (κ2) is 15.0. The van der Waals surface area contributed by atoms with E-state index in [9.17, 15) is 9.90 Å². The highest BCUT2D eigenvalue weighted by Gasteiger charge is 2.11. The molecule has 130 valence electrons. The van der Waals surface area contributed by atoms with Crippen LogP contribution in [0.1, 0.15) is 84.0 Å². The van der Waals surface area contributed by atoms with Crippen LogP contribution in [0.4, 0.5) is 0 Å². The van der Waals surface area contributed by atoms with Crippen LogP contribution in [0.5, 0.6) is 0 Å². The van der Waals surface area contributed by atoms with E-state index in [4.69, 9.17) is 10.2 Å². The largest absolute Gasteiger partial charge is 0.479 e. The number of aliphatic hydroxyl groups is 2. The number of unbranched alkanes of at least 4 members (excludes halogenated alkanes) is 7. The number of rotatable bonds is 15. The van der Waals surface area contributed by atoms with E-state index in [0.717, 1.165) is 51.4 Å². The molecule has 0 saturated heterocycles. The molecule has 0 fully saturated rings. The zero-order valence-corrected chi connectivity index (χ0v) is 14.0. The summed E-state index contributed by atoms with van der Waals surface area (Å²) in [6.07, 6.45) is 14.4. The number of carboxylic acid groups (broad SMARTS) is 1. The fourth-order valence-electron chi connectivity index (χ4n) is 2.37. The van der Waals surface area contributed by atoms with E-state index in [1.54, 1.807) is 0 Å². The van der Waals surface area contributed by atoms with Crippen molar-refractivity contribution >= 4 is 5.97 Å². The molecule has 0 aromatic carbocycles. The summed E-state index contributed by atoms with van der Waals surface area (Å²) in [7, 11) is 0. The molecule has 0 spiro atoms. The van der Waals surface area contributed by atoms with Crippen molar-refractivity contribution in [2.75, 3.05) is 0 Å². The monoisotopic (exact) mass is 314 g/mol. The summed E-state index contributed by atoms with van der Waals surface area (Å²) in [5, 5.41) is 27.4. The van der Waals surface area contributed by atoms with E-state index in [1.165, 1.54) is 19.3 Å². The summed E-state index contributed by atoms with van der Waals surface area (Å²) in [6.45, 7) is 2.19. The number of carboxylic acids is 1. The second-order valence-corrected chi connectivity index (χ2v) is 6.06. The predicted octanol–water partition coefficient (Wildman–Crippen LogP) is 4.05. The van der Waals surface area contributed by atoms with E-state index < -0.39 is 12.1 Å². The van der Waals surface area contributed by atoms with Crippen molar-refractivity contribution < 1.29 is 20.1 Å². The van der Waals surface area contributed by atoms with Gasteiger partial charge in [0.1, 0.15) is 0 Å². The Hall–Kier alpha value is -0.870. The molecule has 0 radical (unpaired) electrons. The van der Waals surface area contributed by atoms with E-state index in [-0.39, 0.29) is 6.10 Å². The van der Waals surface area contributed by atoms with Crippen LogP contribution in [0.15, 0.2) is 12.2 Å². The second-order valence-electron chi connectivity index (χ2n) is 6.06. The Morgan fingerprint density at radius 2 is 1.55 bits per heavy atom. The van der Waals surface area contributed by atoms with E-state index in [1.807, 2.05) is 0 Å². The van der Waals surface area contributed by atoms with Gasteiger partial charge in [0.05, 0.1) is 6.10 Å². The standard InChI is InChI=1S/C18H34O4/c1-2-3-4-10-13-16(19)14-11-8-6-5-7-9-12-15-17(20)18(21)22/h8,11,16-17,19-20H,2-7,9-10,12-15H2,1H3,(H,21,22)/b11-8-. The molecule has 3 N–H and O–H groups in total. The van der Waals surface area contributed by atoms with Crippen LogP contribution in [0.25, 0.3) is 0 Å². The number of allylic oxidation sites excluding steroid dienone is 1. The van der Waals surface area contributed by atoms with Gasteiger partial charge in [0.25, 0.3) is 0 Å². The molecule has 0 saturated carbocycles. The Labute approximate surface area is 135 Å². The predicted molar refractivity (Wildman–Crippen MR) is 89.9 cm³/mol. The summed E-state index contributed by atoms with van der Waals surface area (Å²) in [6, 6.07) is 0. The summed E-state index contributed by atoms with van der Waals surface area (Å²) >= 11 is 0. The van der Waals surface area contributed by atoms with Crippen LogP contribution in [0, 0.1) is 0 Å². The maximum absolute atomic E-state index is 10.4. The first-order valence-electron chi connectivity index (χ1n) is 8.81. The molecule has 4 nitrogen and oxygen atoms in total. The van der Waals surface area contributed by atoms with Crippen LogP contribution in [-0.2, 0) is 4.79 Å². The molecule has 0 heterocycles. The van der Waals surface area contributed by atoms with Crippen molar-refractivity contribution in [3.63, 3.8) is 0 Å². The number of hydrogen-bond donors (Lipinski definition) is 3. The van der Waals surface area contributed by atoms with Gasteiger partial charge < -0.3 is 15.3 Å². The average Bonchev–Trinajstić information content (AvgIpc) is 2.49. The lowest BCUT2D eigenvalue weighted by Gasteiger charge is -2.07. The molecule has 0 rings (SSSR count). The highest BCUT2D eigenvalue weighted by Crippen LogP contribution is 2.10. The molecular formula is C18H34O4. The van der Waals surface area contributed by atoms with Crippen molar-refractivity contribution in [3.05, 3.63) is 12.2 Å². The van der Waals surface area contributed by atoms with E-state index in [0.29, 0.717) is 6.42 Å². The topological polar surface area (TPSA) is 77.8 Å². The third-order valence-corrected chi connectivity index (χ3v) is 3.85. The third-order valence-electron chi connectivity index (χ3n) is 3.85. The van der Waals surface area contributed by atoms with Gasteiger partial charge in [-0.15, -0.1) is 0 Å². The smallest absolute Gasteiger partial charge is 0.332 e. The van der Waals surface area contributed by atoms with Crippen molar-refractivity contribution in [2.24, 2.45) is 0 Å². The molecule has 0 aliphatic heterocycles. The molecule has 0 aromatic heterocycles. The van der Waals surface area contributed by atoms with Gasteiger partial charge >= 0.3 is 5.97 Å². The van der Waals surface area contributed by atoms with Gasteiger partial charge in [-0.1, -0.05) is 64.0 Å². The first kappa shape index (κ1) is 21.1. The first-order chi connectivity index (χ1) is 10.6. The summed E-state index contributed by atoms with van der Waals surface area (Å²) in [5.74, 6) is -1.13. The van der Waals surface area contributed by atoms with Gasteiger partial charge in [0.15, 0.2) is 6.10 Å². The maximum atomic E-state index is 10.4. The summed E-state index contributed by atoms with van der Waals surface area (Å²) in [5.41, 5.74) is 0. The van der Waals surface area contributed by atoms with Gasteiger partial charge in [-0.25, -0.2) is 4.79 Å². The Morgan fingerprint density at radius 1 is 0.909 bits per heavy atom. The molecule has 2 unspecified atom stereocenters. The SMILES string of the molecule is CCCCCCC(O)C/C=C\CCCCCCC(O)C(=O)O. The first-order valence-corrected chi connectivity index (χ1v) is 8.81. The Kier molecular flexibility index (Phi) is 14.4. The zero-order valence-electron chi connectivity index (χ0n) is 14.0. The minimum Gasteiger partial charge on any atom is -0.479 e. The summed E-state index contributed by atoms with van der Waals surface area (Å²) in [4.78, 5) is 10.4. The molecule has 22 heavy (non-hydrogen) atoms. The van der Waals surface area contributed by atoms with E-state index in [2.05, 4.69) is 19.1 Å². The quantitative estimate of drug-likeness (QED) is 0.315. The minimum atomic E-state index is -1.21. The molecule has 4 heteroatoms. The van der Waals surface area contributed by atoms with Crippen molar-refractivity contribution in [2.45, 2.75) is 96.2 Å². The average molecular weight is 314 g/mol. The Bertz CT molecular complexity index is 289. The van der Waals surface area contributed by atoms with Crippen molar-refractivity contribution in [1.29, 1.82) is 0 Å². The minimum absolute atomic E-state index is 0.203. The Balaban J connectivity index is 3.34. The maximum Gasteiger partial charge on any atom is 0.332 e. The third kappa shape index (κ3) is 14.1. The summed E-state index contributed by atoms with van der Waals surface area (Å²) < 4.78 is 0. The fourth-order valence-corrected chi connectivity index (χ4v) is 2.37. The van der Waals surface area contributed by atoms with E-state index >= 15 is 0 Å². The van der Waals surface area contributed by atoms with Gasteiger partial charge in [0, 0.05) is 0 Å². The van der Waals surface area contributed by atoms with Gasteiger partial charge in [0.2, 0.25) is 0 Å². The number of hydrogen-bond acceptors (Lipinski definition) is 3. The van der Waals surface area contributed by atoms with Gasteiger partial charge in [-0.05, 0) is 32.1 Å². The number of carbonyl (C=O) groups is 1. The zero-order chi connectivity index (χ0) is 16.6. The molecule has 0 aromatic rings. The molecule has 0 aliphatic carbocycles. The molecule has 2 atom stereocenters. The molecule has 0 amide bonds. The van der Waals surface area contributed by atoms with Gasteiger partial charge in [-0.3, -0.25) is 0 Å². The fraction of sp³-hybridized carbons (Fsp3) is 0.833.